The second kappa shape index (κ2) is 8.64. The Morgan fingerprint density at radius 1 is 1.21 bits per heavy atom. The highest BCUT2D eigenvalue weighted by molar-refractivity contribution is 7.99. The molecule has 1 heterocycles. The van der Waals surface area contributed by atoms with Gasteiger partial charge in [0.2, 0.25) is 5.91 Å². The van der Waals surface area contributed by atoms with Gasteiger partial charge in [-0.2, -0.15) is 13.2 Å². The van der Waals surface area contributed by atoms with Crippen LogP contribution in [0.15, 0.2) is 52.5 Å². The summed E-state index contributed by atoms with van der Waals surface area (Å²) in [6.07, 6.45) is -1.10. The Bertz CT molecular complexity index is 936. The summed E-state index contributed by atoms with van der Waals surface area (Å²) in [6.45, 7) is 5.43. The number of hydrogen-bond acceptors (Lipinski definition) is 5. The first-order valence-corrected chi connectivity index (χ1v) is 9.16. The fraction of sp³-hybridized carbons (Fsp3) is 0.263. The SMILES string of the molecule is CC(C)(C)NC(=O)/C=C/c1cc([N+](=O)[O-])ccc1Sc1ccc(C(F)(F)F)cn1. The molecule has 0 atom stereocenters. The Morgan fingerprint density at radius 3 is 2.41 bits per heavy atom. The number of nitro groups is 1. The van der Waals surface area contributed by atoms with E-state index in [4.69, 9.17) is 0 Å². The third-order valence-electron chi connectivity index (χ3n) is 3.39. The summed E-state index contributed by atoms with van der Waals surface area (Å²) >= 11 is 1.03. The van der Waals surface area contributed by atoms with E-state index in [0.29, 0.717) is 10.5 Å². The lowest BCUT2D eigenvalue weighted by Crippen LogP contribution is -2.39. The van der Waals surface area contributed by atoms with Crippen LogP contribution in [0, 0.1) is 10.1 Å². The molecule has 29 heavy (non-hydrogen) atoms. The average molecular weight is 425 g/mol. The number of benzene rings is 1. The number of aromatic nitrogens is 1. The van der Waals surface area contributed by atoms with Crippen LogP contribution in [-0.2, 0) is 11.0 Å². The van der Waals surface area contributed by atoms with Gasteiger partial charge in [-0.3, -0.25) is 14.9 Å². The number of nitrogens with one attached hydrogen (secondary N) is 1. The van der Waals surface area contributed by atoms with Crippen LogP contribution < -0.4 is 5.32 Å². The number of hydrogen-bond donors (Lipinski definition) is 1. The highest BCUT2D eigenvalue weighted by Gasteiger charge is 2.30. The number of carbonyl (C=O) groups excluding carboxylic acids is 1. The average Bonchev–Trinajstić information content (AvgIpc) is 2.59. The Kier molecular flexibility index (Phi) is 6.68. The van der Waals surface area contributed by atoms with E-state index in [1.165, 1.54) is 36.4 Å². The number of nitrogens with zero attached hydrogens (tertiary/aromatic N) is 2. The molecule has 1 amide bonds. The standard InChI is InChI=1S/C19H18F3N3O3S/c1-18(2,3)24-16(26)8-4-12-10-14(25(27)28)6-7-15(12)29-17-9-5-13(11-23-17)19(20,21)22/h4-11H,1-3H3,(H,24,26)/b8-4+. The Hall–Kier alpha value is -2.88. The van der Waals surface area contributed by atoms with E-state index in [-0.39, 0.29) is 16.6 Å². The summed E-state index contributed by atoms with van der Waals surface area (Å²) in [5, 5.41) is 14.1. The molecule has 0 radical (unpaired) electrons. The molecule has 1 aromatic heterocycles. The van der Waals surface area contributed by atoms with Gasteiger partial charge in [0.1, 0.15) is 5.03 Å². The fourth-order valence-corrected chi connectivity index (χ4v) is 3.02. The molecule has 154 valence electrons. The number of rotatable bonds is 5. The monoisotopic (exact) mass is 425 g/mol. The molecule has 0 saturated carbocycles. The van der Waals surface area contributed by atoms with Crippen LogP contribution in [-0.4, -0.2) is 21.4 Å². The van der Waals surface area contributed by atoms with Crippen molar-refractivity contribution in [2.24, 2.45) is 0 Å². The van der Waals surface area contributed by atoms with E-state index in [1.807, 2.05) is 20.8 Å². The highest BCUT2D eigenvalue weighted by atomic mass is 32.2. The van der Waals surface area contributed by atoms with Gasteiger partial charge in [-0.15, -0.1) is 0 Å². The van der Waals surface area contributed by atoms with Gasteiger partial charge in [0.25, 0.3) is 5.69 Å². The van der Waals surface area contributed by atoms with E-state index < -0.39 is 22.2 Å². The number of carbonyl (C=O) groups is 1. The molecular formula is C19H18F3N3O3S. The second-order valence-electron chi connectivity index (χ2n) is 7.04. The third-order valence-corrected chi connectivity index (χ3v) is 4.44. The zero-order valence-corrected chi connectivity index (χ0v) is 16.6. The van der Waals surface area contributed by atoms with Crippen molar-refractivity contribution in [3.05, 3.63) is 63.8 Å². The lowest BCUT2D eigenvalue weighted by Gasteiger charge is -2.19. The van der Waals surface area contributed by atoms with Crippen LogP contribution in [0.3, 0.4) is 0 Å². The smallest absolute Gasteiger partial charge is 0.348 e. The number of non-ortho nitro benzene ring substituents is 1. The van der Waals surface area contributed by atoms with Crippen molar-refractivity contribution < 1.29 is 22.9 Å². The lowest BCUT2D eigenvalue weighted by atomic mass is 10.1. The second-order valence-corrected chi connectivity index (χ2v) is 8.10. The van der Waals surface area contributed by atoms with Gasteiger partial charge in [0.15, 0.2) is 0 Å². The van der Waals surface area contributed by atoms with Crippen LogP contribution >= 0.6 is 11.8 Å². The molecule has 0 saturated heterocycles. The molecule has 0 aliphatic heterocycles. The van der Waals surface area contributed by atoms with Gasteiger partial charge < -0.3 is 5.32 Å². The fourth-order valence-electron chi connectivity index (χ4n) is 2.17. The van der Waals surface area contributed by atoms with E-state index in [1.54, 1.807) is 0 Å². The number of pyridine rings is 1. The first-order valence-electron chi connectivity index (χ1n) is 8.35. The minimum atomic E-state index is -4.49. The van der Waals surface area contributed by atoms with E-state index in [9.17, 15) is 28.1 Å². The largest absolute Gasteiger partial charge is 0.417 e. The van der Waals surface area contributed by atoms with Gasteiger partial charge in [-0.05, 0) is 50.6 Å². The summed E-state index contributed by atoms with van der Waals surface area (Å²) in [6, 6.07) is 6.15. The molecule has 2 rings (SSSR count). The maximum Gasteiger partial charge on any atom is 0.417 e. The van der Waals surface area contributed by atoms with Crippen molar-refractivity contribution in [1.29, 1.82) is 0 Å². The summed E-state index contributed by atoms with van der Waals surface area (Å²) in [7, 11) is 0. The predicted octanol–water partition coefficient (Wildman–Crippen LogP) is 5.09. The molecule has 0 fully saturated rings. The van der Waals surface area contributed by atoms with Crippen molar-refractivity contribution in [2.75, 3.05) is 0 Å². The first-order chi connectivity index (χ1) is 13.3. The summed E-state index contributed by atoms with van der Waals surface area (Å²) in [5.41, 5.74) is -1.13. The lowest BCUT2D eigenvalue weighted by molar-refractivity contribution is -0.384. The van der Waals surface area contributed by atoms with E-state index in [0.717, 1.165) is 24.0 Å². The number of nitro benzene ring substituents is 1. The molecule has 2 aromatic rings. The Morgan fingerprint density at radius 2 is 1.90 bits per heavy atom. The van der Waals surface area contributed by atoms with Crippen molar-refractivity contribution in [1.82, 2.24) is 10.3 Å². The third kappa shape index (κ3) is 6.90. The molecule has 6 nitrogen and oxygen atoms in total. The zero-order chi connectivity index (χ0) is 21.8. The van der Waals surface area contributed by atoms with Gasteiger partial charge in [-0.1, -0.05) is 11.8 Å². The minimum absolute atomic E-state index is 0.175. The van der Waals surface area contributed by atoms with Gasteiger partial charge in [-0.25, -0.2) is 4.98 Å². The minimum Gasteiger partial charge on any atom is -0.348 e. The molecule has 0 bridgehead atoms. The summed E-state index contributed by atoms with van der Waals surface area (Å²) < 4.78 is 38.0. The van der Waals surface area contributed by atoms with Gasteiger partial charge >= 0.3 is 6.18 Å². The molecular weight excluding hydrogens is 407 g/mol. The van der Waals surface area contributed by atoms with Crippen molar-refractivity contribution in [2.45, 2.75) is 42.4 Å². The molecule has 0 unspecified atom stereocenters. The molecule has 0 aliphatic carbocycles. The normalized spacial score (nSPS) is 12.2. The molecule has 1 aromatic carbocycles. The predicted molar refractivity (Wildman–Crippen MR) is 103 cm³/mol. The number of amides is 1. The maximum atomic E-state index is 12.7. The molecule has 0 spiro atoms. The Balaban J connectivity index is 2.31. The first kappa shape index (κ1) is 22.4. The zero-order valence-electron chi connectivity index (χ0n) is 15.8. The maximum absolute atomic E-state index is 12.7. The molecule has 10 heteroatoms. The summed E-state index contributed by atoms with van der Waals surface area (Å²) in [4.78, 5) is 26.8. The van der Waals surface area contributed by atoms with E-state index >= 15 is 0 Å². The van der Waals surface area contributed by atoms with Crippen molar-refractivity contribution in [3.8, 4) is 0 Å². The van der Waals surface area contributed by atoms with Gasteiger partial charge in [0.05, 0.1) is 10.5 Å². The molecule has 0 aliphatic rings. The van der Waals surface area contributed by atoms with Crippen LogP contribution in [0.1, 0.15) is 31.9 Å². The van der Waals surface area contributed by atoms with Crippen LogP contribution in [0.2, 0.25) is 0 Å². The van der Waals surface area contributed by atoms with Crippen molar-refractivity contribution in [3.63, 3.8) is 0 Å². The number of alkyl halides is 3. The van der Waals surface area contributed by atoms with E-state index in [2.05, 4.69) is 10.3 Å². The highest BCUT2D eigenvalue weighted by Crippen LogP contribution is 2.34. The van der Waals surface area contributed by atoms with Gasteiger partial charge in [0, 0.05) is 34.8 Å². The van der Waals surface area contributed by atoms with Crippen molar-refractivity contribution >= 4 is 29.4 Å². The quantitative estimate of drug-likeness (QED) is 0.410. The number of halogens is 3. The van der Waals surface area contributed by atoms with Crippen LogP contribution in [0.25, 0.3) is 6.08 Å². The van der Waals surface area contributed by atoms with Crippen LogP contribution in [0.4, 0.5) is 18.9 Å². The van der Waals surface area contributed by atoms with Crippen LogP contribution in [0.5, 0.6) is 0 Å². The Labute approximate surface area is 169 Å². The topological polar surface area (TPSA) is 85.1 Å². The summed E-state index contributed by atoms with van der Waals surface area (Å²) in [5.74, 6) is -0.382. The molecule has 1 N–H and O–H groups in total.